The molecule has 3 atom stereocenters. The summed E-state index contributed by atoms with van der Waals surface area (Å²) in [6.45, 7) is 5.29. The van der Waals surface area contributed by atoms with Crippen LogP contribution in [0.2, 0.25) is 0 Å². The summed E-state index contributed by atoms with van der Waals surface area (Å²) in [6, 6.07) is 5.85. The van der Waals surface area contributed by atoms with Crippen LogP contribution in [0.3, 0.4) is 0 Å². The Hall–Kier alpha value is -0.940. The summed E-state index contributed by atoms with van der Waals surface area (Å²) in [6.07, 6.45) is 3.72. The standard InChI is InChI=1S/C15H21BrN2O2/c1-10-3-6-14(11(2)7-10)17-9-12-4-5-13(16)15(8-12)18(19)20/h4-5,8,10-11,14,17H,3,6-7,9H2,1-2H3. The molecule has 1 aromatic rings. The zero-order valence-corrected chi connectivity index (χ0v) is 13.5. The summed E-state index contributed by atoms with van der Waals surface area (Å²) in [5.41, 5.74) is 1.10. The monoisotopic (exact) mass is 340 g/mol. The van der Waals surface area contributed by atoms with Gasteiger partial charge in [-0.1, -0.05) is 19.9 Å². The van der Waals surface area contributed by atoms with Gasteiger partial charge >= 0.3 is 0 Å². The maximum Gasteiger partial charge on any atom is 0.283 e. The molecule has 5 heteroatoms. The van der Waals surface area contributed by atoms with Crippen molar-refractivity contribution in [3.8, 4) is 0 Å². The third-order valence-corrected chi connectivity index (χ3v) is 4.88. The number of halogens is 1. The van der Waals surface area contributed by atoms with Gasteiger partial charge in [-0.05, 0) is 58.7 Å². The molecule has 1 aliphatic rings. The predicted molar refractivity (Wildman–Crippen MR) is 83.6 cm³/mol. The molecule has 110 valence electrons. The van der Waals surface area contributed by atoms with Crippen molar-refractivity contribution in [2.24, 2.45) is 11.8 Å². The maximum atomic E-state index is 10.9. The number of nitro groups is 1. The van der Waals surface area contributed by atoms with E-state index in [9.17, 15) is 10.1 Å². The van der Waals surface area contributed by atoms with E-state index in [4.69, 9.17) is 0 Å². The molecule has 0 radical (unpaired) electrons. The lowest BCUT2D eigenvalue weighted by atomic mass is 9.80. The Morgan fingerprint density at radius 2 is 2.15 bits per heavy atom. The lowest BCUT2D eigenvalue weighted by Gasteiger charge is -2.33. The summed E-state index contributed by atoms with van der Waals surface area (Å²) in [5, 5.41) is 14.5. The first-order valence-corrected chi connectivity index (χ1v) is 7.93. The Morgan fingerprint density at radius 3 is 2.80 bits per heavy atom. The van der Waals surface area contributed by atoms with Gasteiger partial charge in [0.15, 0.2) is 0 Å². The van der Waals surface area contributed by atoms with Gasteiger partial charge in [-0.2, -0.15) is 0 Å². The minimum absolute atomic E-state index is 0.134. The highest BCUT2D eigenvalue weighted by Crippen LogP contribution is 2.29. The van der Waals surface area contributed by atoms with Gasteiger partial charge in [0.25, 0.3) is 5.69 Å². The summed E-state index contributed by atoms with van der Waals surface area (Å²) >= 11 is 3.21. The largest absolute Gasteiger partial charge is 0.310 e. The SMILES string of the molecule is CC1CCC(NCc2ccc(Br)c([N+](=O)[O-])c2)C(C)C1. The van der Waals surface area contributed by atoms with Crippen LogP contribution in [-0.4, -0.2) is 11.0 Å². The van der Waals surface area contributed by atoms with Gasteiger partial charge in [-0.15, -0.1) is 0 Å². The third-order valence-electron chi connectivity index (χ3n) is 4.21. The number of benzene rings is 1. The molecule has 0 saturated heterocycles. The van der Waals surface area contributed by atoms with Crippen molar-refractivity contribution in [1.82, 2.24) is 5.32 Å². The smallest absolute Gasteiger partial charge is 0.283 e. The molecule has 0 bridgehead atoms. The summed E-state index contributed by atoms with van der Waals surface area (Å²) < 4.78 is 0.533. The van der Waals surface area contributed by atoms with E-state index in [2.05, 4.69) is 35.1 Å². The van der Waals surface area contributed by atoms with E-state index in [1.165, 1.54) is 19.3 Å². The molecule has 1 saturated carbocycles. The number of hydrogen-bond acceptors (Lipinski definition) is 3. The number of rotatable bonds is 4. The quantitative estimate of drug-likeness (QED) is 0.657. The van der Waals surface area contributed by atoms with Crippen molar-refractivity contribution in [2.45, 2.75) is 45.7 Å². The van der Waals surface area contributed by atoms with Crippen molar-refractivity contribution in [3.05, 3.63) is 38.3 Å². The summed E-state index contributed by atoms with van der Waals surface area (Å²) in [7, 11) is 0. The van der Waals surface area contributed by atoms with Crippen molar-refractivity contribution in [3.63, 3.8) is 0 Å². The highest BCUT2D eigenvalue weighted by atomic mass is 79.9. The average Bonchev–Trinajstić information content (AvgIpc) is 2.39. The normalized spacial score (nSPS) is 26.4. The minimum Gasteiger partial charge on any atom is -0.310 e. The molecule has 4 nitrogen and oxygen atoms in total. The van der Waals surface area contributed by atoms with Crippen LogP contribution >= 0.6 is 15.9 Å². The van der Waals surface area contributed by atoms with Gasteiger partial charge in [0.2, 0.25) is 0 Å². The van der Waals surface area contributed by atoms with Gasteiger partial charge in [0, 0.05) is 18.7 Å². The Balaban J connectivity index is 1.97. The first kappa shape index (κ1) is 15.4. The Morgan fingerprint density at radius 1 is 1.40 bits per heavy atom. The van der Waals surface area contributed by atoms with Gasteiger partial charge in [-0.3, -0.25) is 10.1 Å². The van der Waals surface area contributed by atoms with Crippen molar-refractivity contribution < 1.29 is 4.92 Å². The van der Waals surface area contributed by atoms with Crippen LogP contribution in [0.15, 0.2) is 22.7 Å². The van der Waals surface area contributed by atoms with Gasteiger partial charge in [0.1, 0.15) is 0 Å². The van der Waals surface area contributed by atoms with Crippen molar-refractivity contribution in [2.75, 3.05) is 0 Å². The first-order chi connectivity index (χ1) is 9.47. The average molecular weight is 341 g/mol. The first-order valence-electron chi connectivity index (χ1n) is 7.13. The molecule has 0 amide bonds. The molecular weight excluding hydrogens is 320 g/mol. The highest BCUT2D eigenvalue weighted by molar-refractivity contribution is 9.10. The number of nitro benzene ring substituents is 1. The zero-order valence-electron chi connectivity index (χ0n) is 11.9. The molecule has 2 rings (SSSR count). The van der Waals surface area contributed by atoms with Crippen molar-refractivity contribution >= 4 is 21.6 Å². The van der Waals surface area contributed by atoms with Crippen LogP contribution in [0.1, 0.15) is 38.7 Å². The molecule has 1 aromatic carbocycles. The van der Waals surface area contributed by atoms with Gasteiger partial charge < -0.3 is 5.32 Å². The minimum atomic E-state index is -0.349. The fourth-order valence-electron chi connectivity index (χ4n) is 3.03. The van der Waals surface area contributed by atoms with E-state index in [1.807, 2.05) is 6.07 Å². The van der Waals surface area contributed by atoms with E-state index in [-0.39, 0.29) is 10.6 Å². The van der Waals surface area contributed by atoms with E-state index in [0.717, 1.165) is 11.5 Å². The highest BCUT2D eigenvalue weighted by Gasteiger charge is 2.24. The van der Waals surface area contributed by atoms with Crippen LogP contribution in [-0.2, 0) is 6.54 Å². The Kier molecular flexibility index (Phi) is 5.16. The van der Waals surface area contributed by atoms with Crippen LogP contribution in [0, 0.1) is 22.0 Å². The van der Waals surface area contributed by atoms with Crippen LogP contribution in [0.25, 0.3) is 0 Å². The molecule has 1 N–H and O–H groups in total. The molecule has 0 aromatic heterocycles. The second-order valence-electron chi connectivity index (χ2n) is 5.93. The summed E-state index contributed by atoms with van der Waals surface area (Å²) in [5.74, 6) is 1.49. The predicted octanol–water partition coefficient (Wildman–Crippen LogP) is 4.27. The number of nitrogens with zero attached hydrogens (tertiary/aromatic N) is 1. The van der Waals surface area contributed by atoms with E-state index >= 15 is 0 Å². The Labute approximate surface area is 128 Å². The second-order valence-corrected chi connectivity index (χ2v) is 6.78. The molecule has 0 aliphatic heterocycles. The lowest BCUT2D eigenvalue weighted by molar-refractivity contribution is -0.385. The van der Waals surface area contributed by atoms with Crippen LogP contribution in [0.4, 0.5) is 5.69 Å². The second kappa shape index (κ2) is 6.68. The fourth-order valence-corrected chi connectivity index (χ4v) is 3.42. The number of nitrogens with one attached hydrogen (secondary N) is 1. The van der Waals surface area contributed by atoms with Crippen molar-refractivity contribution in [1.29, 1.82) is 0 Å². The van der Waals surface area contributed by atoms with Crippen LogP contribution < -0.4 is 5.32 Å². The lowest BCUT2D eigenvalue weighted by Crippen LogP contribution is -2.38. The topological polar surface area (TPSA) is 55.2 Å². The van der Waals surface area contributed by atoms with Gasteiger partial charge in [-0.25, -0.2) is 0 Å². The fraction of sp³-hybridized carbons (Fsp3) is 0.600. The Bertz CT molecular complexity index is 493. The molecule has 1 aliphatic carbocycles. The number of hydrogen-bond donors (Lipinski definition) is 1. The molecule has 0 spiro atoms. The third kappa shape index (κ3) is 3.79. The summed E-state index contributed by atoms with van der Waals surface area (Å²) in [4.78, 5) is 10.6. The van der Waals surface area contributed by atoms with Crippen LogP contribution in [0.5, 0.6) is 0 Å². The van der Waals surface area contributed by atoms with Gasteiger partial charge in [0.05, 0.1) is 9.40 Å². The zero-order chi connectivity index (χ0) is 14.7. The molecule has 20 heavy (non-hydrogen) atoms. The maximum absolute atomic E-state index is 10.9. The molecular formula is C15H21BrN2O2. The molecule has 1 fully saturated rings. The van der Waals surface area contributed by atoms with E-state index < -0.39 is 0 Å². The van der Waals surface area contributed by atoms with E-state index in [0.29, 0.717) is 23.0 Å². The molecule has 3 unspecified atom stereocenters. The van der Waals surface area contributed by atoms with E-state index in [1.54, 1.807) is 12.1 Å². The molecule has 0 heterocycles.